The summed E-state index contributed by atoms with van der Waals surface area (Å²) in [5, 5.41) is 12.3. The molecule has 0 saturated carbocycles. The fourth-order valence-corrected chi connectivity index (χ4v) is 3.02. The molecule has 0 fully saturated rings. The second-order valence-electron chi connectivity index (χ2n) is 4.02. The van der Waals surface area contributed by atoms with E-state index in [9.17, 15) is 4.79 Å². The fraction of sp³-hybridized carbons (Fsp3) is 0.462. The topological polar surface area (TPSA) is 58.6 Å². The van der Waals surface area contributed by atoms with Gasteiger partial charge < -0.3 is 15.2 Å². The van der Waals surface area contributed by atoms with E-state index in [0.29, 0.717) is 12.2 Å². The van der Waals surface area contributed by atoms with Crippen LogP contribution < -0.4 is 10.1 Å². The Bertz CT molecular complexity index is 429. The third-order valence-electron chi connectivity index (χ3n) is 2.54. The van der Waals surface area contributed by atoms with Crippen molar-refractivity contribution in [2.24, 2.45) is 0 Å². The van der Waals surface area contributed by atoms with Crippen LogP contribution in [0.4, 0.5) is 0 Å². The second kappa shape index (κ2) is 7.87. The minimum absolute atomic E-state index is 0.410. The molecule has 0 aliphatic carbocycles. The van der Waals surface area contributed by atoms with Crippen molar-refractivity contribution in [3.8, 4) is 5.75 Å². The van der Waals surface area contributed by atoms with Crippen LogP contribution in [-0.4, -0.2) is 23.7 Å². The van der Waals surface area contributed by atoms with E-state index in [1.807, 2.05) is 19.1 Å². The van der Waals surface area contributed by atoms with Crippen molar-refractivity contribution in [1.29, 1.82) is 0 Å². The van der Waals surface area contributed by atoms with Crippen LogP contribution in [0.25, 0.3) is 0 Å². The average Bonchev–Trinajstić information content (AvgIpc) is 2.35. The van der Waals surface area contributed by atoms with Crippen LogP contribution in [0.3, 0.4) is 0 Å². The number of aliphatic carboxylic acids is 1. The molecule has 0 aliphatic rings. The van der Waals surface area contributed by atoms with Crippen LogP contribution in [0, 0.1) is 0 Å². The first-order valence-corrected chi connectivity index (χ1v) is 7.66. The molecule has 2 N–H and O–H groups in total. The van der Waals surface area contributed by atoms with Crippen molar-refractivity contribution in [3.05, 3.63) is 26.6 Å². The van der Waals surface area contributed by atoms with Gasteiger partial charge in [0.1, 0.15) is 5.75 Å². The fourth-order valence-electron chi connectivity index (χ4n) is 1.55. The smallest absolute Gasteiger partial charge is 0.344 e. The molecule has 0 spiro atoms. The van der Waals surface area contributed by atoms with E-state index in [-0.39, 0.29) is 0 Å². The van der Waals surface area contributed by atoms with Gasteiger partial charge in [0, 0.05) is 6.54 Å². The van der Waals surface area contributed by atoms with E-state index in [1.165, 1.54) is 0 Å². The summed E-state index contributed by atoms with van der Waals surface area (Å²) in [4.78, 5) is 11.0. The minimum atomic E-state index is -0.960. The van der Waals surface area contributed by atoms with Gasteiger partial charge in [-0.1, -0.05) is 13.8 Å². The van der Waals surface area contributed by atoms with Gasteiger partial charge >= 0.3 is 5.97 Å². The number of carboxylic acid groups (broad SMARTS) is 1. The van der Waals surface area contributed by atoms with E-state index in [1.54, 1.807) is 6.92 Å². The third kappa shape index (κ3) is 4.78. The van der Waals surface area contributed by atoms with Crippen molar-refractivity contribution in [2.45, 2.75) is 32.9 Å². The summed E-state index contributed by atoms with van der Waals surface area (Å²) in [5.74, 6) is -0.437. The lowest BCUT2D eigenvalue weighted by molar-refractivity contribution is -0.145. The molecule has 0 aromatic heterocycles. The Kier molecular flexibility index (Phi) is 6.82. The highest BCUT2D eigenvalue weighted by atomic mass is 79.9. The first-order chi connectivity index (χ1) is 8.99. The van der Waals surface area contributed by atoms with Gasteiger partial charge in [0.05, 0.1) is 8.95 Å². The van der Waals surface area contributed by atoms with Gasteiger partial charge in [-0.15, -0.1) is 0 Å². The lowest BCUT2D eigenvalue weighted by Crippen LogP contribution is -2.26. The lowest BCUT2D eigenvalue weighted by Gasteiger charge is -2.17. The standard InChI is InChI=1S/C13H17Br2NO3/c1-3-11(13(17)18)19-12-9(14)5-8(6-10(12)15)7-16-4-2/h5-6,11,16H,3-4,7H2,1-2H3,(H,17,18). The van der Waals surface area contributed by atoms with Crippen molar-refractivity contribution in [3.63, 3.8) is 0 Å². The van der Waals surface area contributed by atoms with Crippen LogP contribution in [0.1, 0.15) is 25.8 Å². The molecule has 1 rings (SSSR count). The summed E-state index contributed by atoms with van der Waals surface area (Å²) >= 11 is 6.84. The number of rotatable bonds is 7. The van der Waals surface area contributed by atoms with E-state index in [0.717, 1.165) is 27.6 Å². The van der Waals surface area contributed by atoms with Gasteiger partial charge in [0.2, 0.25) is 0 Å². The zero-order valence-electron chi connectivity index (χ0n) is 10.9. The van der Waals surface area contributed by atoms with Crippen LogP contribution in [0.2, 0.25) is 0 Å². The number of hydrogen-bond acceptors (Lipinski definition) is 3. The number of hydrogen-bond donors (Lipinski definition) is 2. The minimum Gasteiger partial charge on any atom is -0.479 e. The highest BCUT2D eigenvalue weighted by molar-refractivity contribution is 9.11. The maximum atomic E-state index is 11.0. The predicted molar refractivity (Wildman–Crippen MR) is 81.6 cm³/mol. The Hall–Kier alpha value is -0.590. The molecule has 0 aliphatic heterocycles. The van der Waals surface area contributed by atoms with Gasteiger partial charge in [0.25, 0.3) is 0 Å². The molecule has 0 heterocycles. The second-order valence-corrected chi connectivity index (χ2v) is 5.73. The van der Waals surface area contributed by atoms with Gasteiger partial charge in [0.15, 0.2) is 6.10 Å². The quantitative estimate of drug-likeness (QED) is 0.742. The number of carboxylic acids is 1. The number of benzene rings is 1. The van der Waals surface area contributed by atoms with Crippen molar-refractivity contribution < 1.29 is 14.6 Å². The van der Waals surface area contributed by atoms with E-state index >= 15 is 0 Å². The van der Waals surface area contributed by atoms with Crippen LogP contribution in [0.15, 0.2) is 21.1 Å². The van der Waals surface area contributed by atoms with E-state index in [4.69, 9.17) is 9.84 Å². The molecule has 6 heteroatoms. The Balaban J connectivity index is 2.93. The van der Waals surface area contributed by atoms with Gasteiger partial charge in [-0.2, -0.15) is 0 Å². The number of halogens is 2. The molecular weight excluding hydrogens is 378 g/mol. The summed E-state index contributed by atoms with van der Waals surface area (Å²) in [6.45, 7) is 5.47. The van der Waals surface area contributed by atoms with Crippen LogP contribution in [0.5, 0.6) is 5.75 Å². The zero-order chi connectivity index (χ0) is 14.4. The summed E-state index contributed by atoms with van der Waals surface area (Å²) in [6.07, 6.45) is -0.430. The first kappa shape index (κ1) is 16.5. The lowest BCUT2D eigenvalue weighted by atomic mass is 10.2. The Morgan fingerprint density at radius 2 is 1.95 bits per heavy atom. The molecule has 1 atom stereocenters. The van der Waals surface area contributed by atoms with Crippen LogP contribution >= 0.6 is 31.9 Å². The Morgan fingerprint density at radius 1 is 1.37 bits per heavy atom. The first-order valence-electron chi connectivity index (χ1n) is 6.07. The monoisotopic (exact) mass is 393 g/mol. The molecule has 0 saturated heterocycles. The van der Waals surface area contributed by atoms with Gasteiger partial charge in [-0.05, 0) is 62.5 Å². The molecule has 4 nitrogen and oxygen atoms in total. The van der Waals surface area contributed by atoms with Crippen molar-refractivity contribution >= 4 is 37.8 Å². The Morgan fingerprint density at radius 3 is 2.37 bits per heavy atom. The average molecular weight is 395 g/mol. The Labute approximate surface area is 129 Å². The van der Waals surface area contributed by atoms with Gasteiger partial charge in [-0.3, -0.25) is 0 Å². The normalized spacial score (nSPS) is 12.2. The van der Waals surface area contributed by atoms with Crippen molar-refractivity contribution in [2.75, 3.05) is 6.54 Å². The zero-order valence-corrected chi connectivity index (χ0v) is 14.0. The molecular formula is C13H17Br2NO3. The molecule has 0 amide bonds. The number of ether oxygens (including phenoxy) is 1. The van der Waals surface area contributed by atoms with Gasteiger partial charge in [-0.25, -0.2) is 4.79 Å². The molecule has 1 unspecified atom stereocenters. The summed E-state index contributed by atoms with van der Waals surface area (Å²) in [7, 11) is 0. The molecule has 0 radical (unpaired) electrons. The molecule has 106 valence electrons. The molecule has 19 heavy (non-hydrogen) atoms. The molecule has 1 aromatic rings. The van der Waals surface area contributed by atoms with Crippen molar-refractivity contribution in [1.82, 2.24) is 5.32 Å². The summed E-state index contributed by atoms with van der Waals surface area (Å²) < 4.78 is 7.02. The maximum absolute atomic E-state index is 11.0. The summed E-state index contributed by atoms with van der Waals surface area (Å²) in [5.41, 5.74) is 1.09. The molecule has 1 aromatic carbocycles. The number of nitrogens with one attached hydrogen (secondary N) is 1. The van der Waals surface area contributed by atoms with E-state index < -0.39 is 12.1 Å². The predicted octanol–water partition coefficient (Wildman–Crippen LogP) is 3.56. The SMILES string of the molecule is CCNCc1cc(Br)c(OC(CC)C(=O)O)c(Br)c1. The summed E-state index contributed by atoms with van der Waals surface area (Å²) in [6, 6.07) is 3.86. The maximum Gasteiger partial charge on any atom is 0.344 e. The third-order valence-corrected chi connectivity index (χ3v) is 3.72. The highest BCUT2D eigenvalue weighted by Gasteiger charge is 2.20. The largest absolute Gasteiger partial charge is 0.479 e. The number of carbonyl (C=O) groups is 1. The van der Waals surface area contributed by atoms with Crippen LogP contribution in [-0.2, 0) is 11.3 Å². The highest BCUT2D eigenvalue weighted by Crippen LogP contribution is 2.35. The molecule has 0 bridgehead atoms. The van der Waals surface area contributed by atoms with E-state index in [2.05, 4.69) is 37.2 Å².